The zero-order chi connectivity index (χ0) is 23.7. The number of aliphatic hydroxyl groups excluding tert-OH is 4. The molecular weight excluding hydrogens is 438 g/mol. The number of halogens is 1. The lowest BCUT2D eigenvalue weighted by Gasteiger charge is -2.50. The summed E-state index contributed by atoms with van der Waals surface area (Å²) in [7, 11) is 0. The lowest BCUT2D eigenvalue weighted by molar-refractivity contribution is -0.386. The van der Waals surface area contributed by atoms with Gasteiger partial charge in [0, 0.05) is 10.6 Å². The summed E-state index contributed by atoms with van der Waals surface area (Å²) in [4.78, 5) is 0. The van der Waals surface area contributed by atoms with Gasteiger partial charge < -0.3 is 35.5 Å². The second-order valence-corrected chi connectivity index (χ2v) is 8.64. The molecule has 1 aliphatic rings. The summed E-state index contributed by atoms with van der Waals surface area (Å²) in [5, 5.41) is 64.6. The molecule has 1 fully saturated rings. The molecule has 8 nitrogen and oxygen atoms in total. The third-order valence-corrected chi connectivity index (χ3v) is 6.34. The first-order chi connectivity index (χ1) is 15.1. The molecule has 32 heavy (non-hydrogen) atoms. The Kier molecular flexibility index (Phi) is 7.26. The Bertz CT molecular complexity index is 983. The number of nitrogens with zero attached hydrogens (tertiary/aromatic N) is 1. The number of hydrogen-bond donors (Lipinski definition) is 6. The van der Waals surface area contributed by atoms with E-state index in [1.807, 2.05) is 31.2 Å². The van der Waals surface area contributed by atoms with Crippen molar-refractivity contribution in [1.29, 1.82) is 0 Å². The van der Waals surface area contributed by atoms with E-state index in [0.717, 1.165) is 11.1 Å². The lowest BCUT2D eigenvalue weighted by atomic mass is 9.82. The molecule has 1 heterocycles. The molecule has 1 saturated heterocycles. The third kappa shape index (κ3) is 4.40. The molecule has 5 atom stereocenters. The minimum Gasteiger partial charge on any atom is -0.411 e. The molecule has 174 valence electrons. The van der Waals surface area contributed by atoms with Gasteiger partial charge in [0.1, 0.15) is 23.9 Å². The van der Waals surface area contributed by atoms with Crippen LogP contribution >= 0.6 is 11.6 Å². The van der Waals surface area contributed by atoms with E-state index in [1.54, 1.807) is 6.07 Å². The third-order valence-electron chi connectivity index (χ3n) is 5.97. The summed E-state index contributed by atoms with van der Waals surface area (Å²) in [6.07, 6.45) is -4.25. The molecule has 0 saturated carbocycles. The van der Waals surface area contributed by atoms with Crippen LogP contribution < -0.4 is 0 Å². The molecule has 0 bridgehead atoms. The highest BCUT2D eigenvalue weighted by Crippen LogP contribution is 2.41. The van der Waals surface area contributed by atoms with Gasteiger partial charge in [-0.05, 0) is 48.6 Å². The molecule has 0 unspecified atom stereocenters. The van der Waals surface area contributed by atoms with Gasteiger partial charge in [0.15, 0.2) is 0 Å². The van der Waals surface area contributed by atoms with Crippen molar-refractivity contribution in [3.05, 3.63) is 69.7 Å². The maximum absolute atomic E-state index is 11.2. The van der Waals surface area contributed by atoms with Gasteiger partial charge in [-0.2, -0.15) is 0 Å². The number of oxime groups is 1. The van der Waals surface area contributed by atoms with E-state index in [-0.39, 0.29) is 5.56 Å². The van der Waals surface area contributed by atoms with Crippen molar-refractivity contribution >= 4 is 17.3 Å². The zero-order valence-corrected chi connectivity index (χ0v) is 18.6. The van der Waals surface area contributed by atoms with Gasteiger partial charge in [0.2, 0.25) is 5.79 Å². The van der Waals surface area contributed by atoms with E-state index >= 15 is 0 Å². The van der Waals surface area contributed by atoms with Crippen molar-refractivity contribution in [3.8, 4) is 0 Å². The molecule has 2 aromatic rings. The normalized spacial score (nSPS) is 31.0. The number of benzene rings is 2. The summed E-state index contributed by atoms with van der Waals surface area (Å²) in [5.74, 6) is -2.38. The van der Waals surface area contributed by atoms with E-state index in [1.165, 1.54) is 19.1 Å². The predicted molar refractivity (Wildman–Crippen MR) is 118 cm³/mol. The van der Waals surface area contributed by atoms with Gasteiger partial charge in [-0.1, -0.05) is 54.0 Å². The van der Waals surface area contributed by atoms with Crippen LogP contribution in [0, 0.1) is 0 Å². The minimum atomic E-state index is -2.38. The molecule has 9 heteroatoms. The molecule has 3 rings (SSSR count). The van der Waals surface area contributed by atoms with E-state index < -0.39 is 36.3 Å². The van der Waals surface area contributed by atoms with Gasteiger partial charge in [-0.15, -0.1) is 0 Å². The summed E-state index contributed by atoms with van der Waals surface area (Å²) >= 11 is 6.36. The first kappa shape index (κ1) is 24.6. The highest BCUT2D eigenvalue weighted by Gasteiger charge is 2.58. The number of ether oxygens (including phenoxy) is 1. The fourth-order valence-corrected chi connectivity index (χ4v) is 4.08. The molecule has 0 aromatic heterocycles. The quantitative estimate of drug-likeness (QED) is 0.216. The van der Waals surface area contributed by atoms with E-state index in [4.69, 9.17) is 21.5 Å². The van der Waals surface area contributed by atoms with Crippen LogP contribution in [0.25, 0.3) is 0 Å². The molecule has 1 aliphatic heterocycles. The molecule has 0 amide bonds. The smallest absolute Gasteiger partial charge is 0.222 e. The average molecular weight is 466 g/mol. The van der Waals surface area contributed by atoms with Crippen LogP contribution in [0.5, 0.6) is 0 Å². The van der Waals surface area contributed by atoms with Crippen LogP contribution in [-0.4, -0.2) is 67.0 Å². The van der Waals surface area contributed by atoms with Crippen LogP contribution in [0.2, 0.25) is 5.02 Å². The van der Waals surface area contributed by atoms with Gasteiger partial charge in [0.25, 0.3) is 0 Å². The predicted octanol–water partition coefficient (Wildman–Crippen LogP) is 1.53. The van der Waals surface area contributed by atoms with Gasteiger partial charge in [0.05, 0.1) is 12.3 Å². The second-order valence-electron chi connectivity index (χ2n) is 8.23. The van der Waals surface area contributed by atoms with Crippen molar-refractivity contribution in [1.82, 2.24) is 0 Å². The van der Waals surface area contributed by atoms with Crippen LogP contribution in [0.3, 0.4) is 0 Å². The summed E-state index contributed by atoms with van der Waals surface area (Å²) in [5.41, 5.74) is 1.30. The first-order valence-electron chi connectivity index (χ1n) is 10.3. The van der Waals surface area contributed by atoms with E-state index in [9.17, 15) is 25.5 Å². The summed E-state index contributed by atoms with van der Waals surface area (Å²) < 4.78 is 5.57. The van der Waals surface area contributed by atoms with Gasteiger partial charge in [-0.25, -0.2) is 0 Å². The number of aliphatic hydroxyl groups is 5. The summed E-state index contributed by atoms with van der Waals surface area (Å²) in [6, 6.07) is 11.9. The van der Waals surface area contributed by atoms with Crippen molar-refractivity contribution in [2.75, 3.05) is 6.61 Å². The fraction of sp³-hybridized carbons (Fsp3) is 0.435. The van der Waals surface area contributed by atoms with Crippen molar-refractivity contribution in [2.24, 2.45) is 5.16 Å². The molecule has 2 aromatic carbocycles. The van der Waals surface area contributed by atoms with Crippen LogP contribution in [0.15, 0.2) is 47.6 Å². The van der Waals surface area contributed by atoms with E-state index in [2.05, 4.69) is 5.16 Å². The Morgan fingerprint density at radius 1 is 1.09 bits per heavy atom. The molecule has 0 aliphatic carbocycles. The zero-order valence-electron chi connectivity index (χ0n) is 17.8. The largest absolute Gasteiger partial charge is 0.411 e. The Hall–Kier alpha value is -2.04. The van der Waals surface area contributed by atoms with E-state index in [0.29, 0.717) is 29.1 Å². The summed E-state index contributed by atoms with van der Waals surface area (Å²) in [6.45, 7) is 2.53. The Morgan fingerprint density at radius 3 is 2.31 bits per heavy atom. The molecule has 6 N–H and O–H groups in total. The van der Waals surface area contributed by atoms with Crippen LogP contribution in [0.1, 0.15) is 42.5 Å². The molecular formula is C23H28ClNO7. The fourth-order valence-electron chi connectivity index (χ4n) is 3.90. The monoisotopic (exact) mass is 465 g/mol. The van der Waals surface area contributed by atoms with Gasteiger partial charge in [-0.3, -0.25) is 0 Å². The SMILES string of the molecule is CC/C(=N\O)c1ccc(Cc2cc([C@]3(O)O[C@](C)(CO)[C@@H](O)[C@H](O)[C@H]3O)ccc2Cl)cc1. The molecule has 0 spiro atoms. The van der Waals surface area contributed by atoms with Crippen molar-refractivity contribution in [2.45, 2.75) is 56.4 Å². The van der Waals surface area contributed by atoms with Crippen molar-refractivity contribution < 1.29 is 35.5 Å². The first-order valence-corrected chi connectivity index (χ1v) is 10.6. The topological polar surface area (TPSA) is 143 Å². The maximum atomic E-state index is 11.2. The van der Waals surface area contributed by atoms with Gasteiger partial charge >= 0.3 is 0 Å². The Morgan fingerprint density at radius 2 is 1.75 bits per heavy atom. The second kappa shape index (κ2) is 9.44. The van der Waals surface area contributed by atoms with Crippen LogP contribution in [-0.2, 0) is 16.9 Å². The van der Waals surface area contributed by atoms with Crippen molar-refractivity contribution in [3.63, 3.8) is 0 Å². The number of rotatable bonds is 6. The average Bonchev–Trinajstić information content (AvgIpc) is 2.79. The Labute approximate surface area is 191 Å². The lowest BCUT2D eigenvalue weighted by Crippen LogP contribution is -2.68. The minimum absolute atomic E-state index is 0.118. The van der Waals surface area contributed by atoms with Crippen LogP contribution in [0.4, 0.5) is 0 Å². The standard InChI is InChI=1S/C23H28ClNO7/c1-3-18(25-31)14-6-4-13(5-7-14)10-15-11-16(8-9-17(15)24)23(30)21(29)19(27)20(28)22(2,12-26)32-23/h4-9,11,19-21,26-31H,3,10,12H2,1-2H3/b25-18+/t19-,20-,21+,22+,23-/m0/s1. The maximum Gasteiger partial charge on any atom is 0.222 e. The molecule has 0 radical (unpaired) electrons. The number of hydrogen-bond acceptors (Lipinski definition) is 8. The Balaban J connectivity index is 1.93. The highest BCUT2D eigenvalue weighted by atomic mass is 35.5. The highest BCUT2D eigenvalue weighted by molar-refractivity contribution is 6.31.